The number of hydrogen-bond donors (Lipinski definition) is 1. The van der Waals surface area contributed by atoms with Crippen molar-refractivity contribution < 1.29 is 8.42 Å². The van der Waals surface area contributed by atoms with Crippen LogP contribution in [0.3, 0.4) is 0 Å². The highest BCUT2D eigenvalue weighted by Crippen LogP contribution is 2.15. The number of benzene rings is 1. The van der Waals surface area contributed by atoms with Gasteiger partial charge in [-0.15, -0.1) is 0 Å². The molecule has 0 atom stereocenters. The van der Waals surface area contributed by atoms with Crippen LogP contribution < -0.4 is 5.14 Å². The van der Waals surface area contributed by atoms with E-state index < -0.39 is 10.0 Å². The molecule has 0 bridgehead atoms. The van der Waals surface area contributed by atoms with Gasteiger partial charge in [0, 0.05) is 5.33 Å². The first-order chi connectivity index (χ1) is 5.55. The molecular formula is C7H8BrNO2S. The Bertz CT molecular complexity index is 375. The molecule has 0 unspecified atom stereocenters. The molecule has 0 aromatic heterocycles. The normalized spacial score (nSPS) is 11.5. The van der Waals surface area contributed by atoms with Gasteiger partial charge in [-0.1, -0.05) is 34.1 Å². The highest BCUT2D eigenvalue weighted by Gasteiger charge is 2.11. The van der Waals surface area contributed by atoms with Crippen LogP contribution >= 0.6 is 15.9 Å². The maximum absolute atomic E-state index is 11.0. The van der Waals surface area contributed by atoms with E-state index in [1.54, 1.807) is 18.2 Å². The third-order valence-electron chi connectivity index (χ3n) is 1.42. The summed E-state index contributed by atoms with van der Waals surface area (Å²) < 4.78 is 21.9. The lowest BCUT2D eigenvalue weighted by Crippen LogP contribution is -2.13. The maximum Gasteiger partial charge on any atom is 0.238 e. The van der Waals surface area contributed by atoms with Crippen molar-refractivity contribution in [2.24, 2.45) is 5.14 Å². The van der Waals surface area contributed by atoms with Crippen molar-refractivity contribution in [3.63, 3.8) is 0 Å². The molecule has 66 valence electrons. The minimum Gasteiger partial charge on any atom is -0.225 e. The van der Waals surface area contributed by atoms with Gasteiger partial charge in [-0.3, -0.25) is 0 Å². The molecule has 1 aromatic carbocycles. The quantitative estimate of drug-likeness (QED) is 0.802. The molecule has 0 aliphatic rings. The Morgan fingerprint density at radius 2 is 1.92 bits per heavy atom. The van der Waals surface area contributed by atoms with Crippen LogP contribution in [-0.4, -0.2) is 8.42 Å². The molecule has 1 aromatic rings. The number of hydrogen-bond acceptors (Lipinski definition) is 2. The molecule has 3 nitrogen and oxygen atoms in total. The van der Waals surface area contributed by atoms with Crippen LogP contribution in [0.25, 0.3) is 0 Å². The average molecular weight is 250 g/mol. The predicted octanol–water partition coefficient (Wildman–Crippen LogP) is 1.23. The van der Waals surface area contributed by atoms with Crippen molar-refractivity contribution in [1.29, 1.82) is 0 Å². The number of primary sulfonamides is 1. The molecule has 1 rings (SSSR count). The lowest BCUT2D eigenvalue weighted by atomic mass is 10.2. The van der Waals surface area contributed by atoms with Crippen LogP contribution in [0.2, 0.25) is 0 Å². The topological polar surface area (TPSA) is 60.2 Å². The van der Waals surface area contributed by atoms with E-state index in [-0.39, 0.29) is 4.90 Å². The van der Waals surface area contributed by atoms with E-state index in [1.807, 2.05) is 0 Å². The molecule has 0 radical (unpaired) electrons. The van der Waals surface area contributed by atoms with Gasteiger partial charge in [-0.05, 0) is 11.6 Å². The molecule has 0 fully saturated rings. The minimum atomic E-state index is -3.58. The Hall–Kier alpha value is -0.390. The summed E-state index contributed by atoms with van der Waals surface area (Å²) in [6, 6.07) is 6.62. The molecule has 0 saturated carbocycles. The van der Waals surface area contributed by atoms with Gasteiger partial charge in [0.05, 0.1) is 4.90 Å². The summed E-state index contributed by atoms with van der Waals surface area (Å²) in [6.07, 6.45) is 0. The fourth-order valence-corrected chi connectivity index (χ4v) is 2.34. The Kier molecular flexibility index (Phi) is 2.87. The van der Waals surface area contributed by atoms with E-state index in [2.05, 4.69) is 15.9 Å². The second-order valence-corrected chi connectivity index (χ2v) is 4.38. The molecule has 0 amide bonds. The first-order valence-electron chi connectivity index (χ1n) is 3.22. The lowest BCUT2D eigenvalue weighted by Gasteiger charge is -2.02. The van der Waals surface area contributed by atoms with Crippen LogP contribution in [0.1, 0.15) is 5.56 Å². The second-order valence-electron chi connectivity index (χ2n) is 2.29. The molecular weight excluding hydrogens is 242 g/mol. The zero-order chi connectivity index (χ0) is 9.19. The molecule has 0 heterocycles. The Labute approximate surface area is 79.8 Å². The summed E-state index contributed by atoms with van der Waals surface area (Å²) in [7, 11) is -3.58. The van der Waals surface area contributed by atoms with E-state index in [0.717, 1.165) is 0 Å². The lowest BCUT2D eigenvalue weighted by molar-refractivity contribution is 0.597. The summed E-state index contributed by atoms with van der Waals surface area (Å²) in [5, 5.41) is 5.47. The number of nitrogens with two attached hydrogens (primary N) is 1. The van der Waals surface area contributed by atoms with Crippen LogP contribution in [0.4, 0.5) is 0 Å². The molecule has 0 aliphatic heterocycles. The van der Waals surface area contributed by atoms with Crippen molar-refractivity contribution >= 4 is 26.0 Å². The summed E-state index contributed by atoms with van der Waals surface area (Å²) in [4.78, 5) is 0.182. The zero-order valence-electron chi connectivity index (χ0n) is 6.20. The van der Waals surface area contributed by atoms with Gasteiger partial charge >= 0.3 is 0 Å². The summed E-state index contributed by atoms with van der Waals surface area (Å²) in [5.41, 5.74) is 0.681. The molecule has 0 spiro atoms. The van der Waals surface area contributed by atoms with Gasteiger partial charge in [0.1, 0.15) is 0 Å². The SMILES string of the molecule is NS(=O)(=O)c1ccccc1CBr. The van der Waals surface area contributed by atoms with Gasteiger partial charge in [0.15, 0.2) is 0 Å². The fraction of sp³-hybridized carbons (Fsp3) is 0.143. The Morgan fingerprint density at radius 3 is 2.33 bits per heavy atom. The maximum atomic E-state index is 11.0. The van der Waals surface area contributed by atoms with Crippen LogP contribution in [0, 0.1) is 0 Å². The summed E-state index contributed by atoms with van der Waals surface area (Å²) in [6.45, 7) is 0. The Morgan fingerprint density at radius 1 is 1.33 bits per heavy atom. The standard InChI is InChI=1S/C7H8BrNO2S/c8-5-6-3-1-2-4-7(6)12(9,10)11/h1-4H,5H2,(H2,9,10,11). The van der Waals surface area contributed by atoms with Gasteiger partial charge in [-0.25, -0.2) is 13.6 Å². The molecule has 12 heavy (non-hydrogen) atoms. The Balaban J connectivity index is 3.33. The molecule has 2 N–H and O–H groups in total. The largest absolute Gasteiger partial charge is 0.238 e. The summed E-state index contributed by atoms with van der Waals surface area (Å²) in [5.74, 6) is 0. The third-order valence-corrected chi connectivity index (χ3v) is 3.04. The molecule has 0 aliphatic carbocycles. The third kappa shape index (κ3) is 2.06. The predicted molar refractivity (Wildman–Crippen MR) is 50.4 cm³/mol. The van der Waals surface area contributed by atoms with Gasteiger partial charge in [0.2, 0.25) is 10.0 Å². The van der Waals surface area contributed by atoms with E-state index in [1.165, 1.54) is 6.07 Å². The van der Waals surface area contributed by atoms with Crippen molar-refractivity contribution in [2.45, 2.75) is 10.2 Å². The fourth-order valence-electron chi connectivity index (χ4n) is 0.892. The second kappa shape index (κ2) is 3.55. The van der Waals surface area contributed by atoms with Crippen molar-refractivity contribution in [3.8, 4) is 0 Å². The van der Waals surface area contributed by atoms with Crippen molar-refractivity contribution in [2.75, 3.05) is 0 Å². The van der Waals surface area contributed by atoms with Crippen LogP contribution in [0.15, 0.2) is 29.2 Å². The number of rotatable bonds is 2. The van der Waals surface area contributed by atoms with Gasteiger partial charge in [0.25, 0.3) is 0 Å². The number of halogens is 1. The van der Waals surface area contributed by atoms with E-state index in [9.17, 15) is 8.42 Å². The molecule has 0 saturated heterocycles. The number of alkyl halides is 1. The first-order valence-corrected chi connectivity index (χ1v) is 5.89. The van der Waals surface area contributed by atoms with Crippen LogP contribution in [0.5, 0.6) is 0 Å². The van der Waals surface area contributed by atoms with Crippen molar-refractivity contribution in [1.82, 2.24) is 0 Å². The minimum absolute atomic E-state index is 0.182. The van der Waals surface area contributed by atoms with Crippen molar-refractivity contribution in [3.05, 3.63) is 29.8 Å². The first kappa shape index (κ1) is 9.70. The highest BCUT2D eigenvalue weighted by atomic mass is 79.9. The van der Waals surface area contributed by atoms with Crippen LogP contribution in [-0.2, 0) is 15.4 Å². The number of sulfonamides is 1. The van der Waals surface area contributed by atoms with E-state index >= 15 is 0 Å². The summed E-state index contributed by atoms with van der Waals surface area (Å²) >= 11 is 3.18. The molecule has 5 heteroatoms. The highest BCUT2D eigenvalue weighted by molar-refractivity contribution is 9.08. The van der Waals surface area contributed by atoms with Gasteiger partial charge in [-0.2, -0.15) is 0 Å². The van der Waals surface area contributed by atoms with E-state index in [0.29, 0.717) is 10.9 Å². The average Bonchev–Trinajstić information content (AvgIpc) is 2.03. The smallest absolute Gasteiger partial charge is 0.225 e. The zero-order valence-corrected chi connectivity index (χ0v) is 8.60. The van der Waals surface area contributed by atoms with Gasteiger partial charge < -0.3 is 0 Å². The van der Waals surface area contributed by atoms with E-state index in [4.69, 9.17) is 5.14 Å². The monoisotopic (exact) mass is 249 g/mol.